The Morgan fingerprint density at radius 3 is 2.26 bits per heavy atom. The first kappa shape index (κ1) is 21.9. The van der Waals surface area contributed by atoms with Gasteiger partial charge < -0.3 is 5.32 Å². The number of nitrogens with one attached hydrogen (secondary N) is 1. The minimum atomic E-state index is -0.143. The van der Waals surface area contributed by atoms with Crippen LogP contribution in [0.2, 0.25) is 10.0 Å². The van der Waals surface area contributed by atoms with E-state index >= 15 is 0 Å². The number of para-hydroxylation sites is 1. The van der Waals surface area contributed by atoms with Gasteiger partial charge in [-0.15, -0.1) is 10.2 Å². The molecule has 1 N–H and O–H groups in total. The summed E-state index contributed by atoms with van der Waals surface area (Å²) in [6.45, 7) is 0. The highest BCUT2D eigenvalue weighted by Gasteiger charge is 2.17. The lowest BCUT2D eigenvalue weighted by atomic mass is 10.2. The molecule has 0 spiro atoms. The van der Waals surface area contributed by atoms with E-state index in [9.17, 15) is 4.79 Å². The highest BCUT2D eigenvalue weighted by molar-refractivity contribution is 9.10. The summed E-state index contributed by atoms with van der Waals surface area (Å²) >= 11 is 16.8. The third-order valence-electron chi connectivity index (χ3n) is 4.30. The van der Waals surface area contributed by atoms with E-state index in [2.05, 4.69) is 31.4 Å². The molecule has 0 unspecified atom stereocenters. The molecule has 4 rings (SSSR count). The Kier molecular flexibility index (Phi) is 6.97. The maximum absolute atomic E-state index is 12.5. The molecule has 1 amide bonds. The second-order valence-electron chi connectivity index (χ2n) is 6.44. The Bertz CT molecular complexity index is 1210. The van der Waals surface area contributed by atoms with Gasteiger partial charge in [-0.05, 0) is 76.6 Å². The predicted molar refractivity (Wildman–Crippen MR) is 130 cm³/mol. The number of anilines is 1. The Morgan fingerprint density at radius 1 is 0.935 bits per heavy atom. The third-order valence-corrected chi connectivity index (χ3v) is 6.43. The predicted octanol–water partition coefficient (Wildman–Crippen LogP) is 6.73. The van der Waals surface area contributed by atoms with Gasteiger partial charge in [-0.2, -0.15) is 0 Å². The van der Waals surface area contributed by atoms with E-state index in [4.69, 9.17) is 23.2 Å². The normalized spacial score (nSPS) is 10.8. The van der Waals surface area contributed by atoms with Crippen molar-refractivity contribution in [3.63, 3.8) is 0 Å². The lowest BCUT2D eigenvalue weighted by Gasteiger charge is -2.11. The van der Waals surface area contributed by atoms with E-state index in [0.717, 1.165) is 15.7 Å². The molecular weight excluding hydrogens is 519 g/mol. The largest absolute Gasteiger partial charge is 0.324 e. The number of carbonyl (C=O) groups excluding carboxylic acids is 1. The number of rotatable bonds is 6. The molecule has 0 saturated heterocycles. The zero-order valence-electron chi connectivity index (χ0n) is 15.9. The minimum absolute atomic E-state index is 0.143. The lowest BCUT2D eigenvalue weighted by Crippen LogP contribution is -2.15. The van der Waals surface area contributed by atoms with Crippen LogP contribution in [0.5, 0.6) is 0 Å². The molecule has 0 aliphatic carbocycles. The lowest BCUT2D eigenvalue weighted by molar-refractivity contribution is -0.113. The minimum Gasteiger partial charge on any atom is -0.324 e. The molecule has 156 valence electrons. The number of hydrogen-bond acceptors (Lipinski definition) is 4. The maximum atomic E-state index is 12.5. The summed E-state index contributed by atoms with van der Waals surface area (Å²) in [5.41, 5.74) is 2.42. The Hall–Kier alpha value is -2.32. The van der Waals surface area contributed by atoms with Crippen LogP contribution in [0.3, 0.4) is 0 Å². The van der Waals surface area contributed by atoms with E-state index in [-0.39, 0.29) is 11.7 Å². The summed E-state index contributed by atoms with van der Waals surface area (Å²) in [5, 5.41) is 13.5. The average Bonchev–Trinajstić information content (AvgIpc) is 3.19. The SMILES string of the molecule is O=C(CSc1nnc(-c2ccc(Cl)cc2)n1-c1ccc(Cl)cc1)Nc1ccccc1Br. The van der Waals surface area contributed by atoms with Gasteiger partial charge in [0.05, 0.1) is 11.4 Å². The van der Waals surface area contributed by atoms with Crippen LogP contribution in [-0.2, 0) is 4.79 Å². The molecule has 5 nitrogen and oxygen atoms in total. The van der Waals surface area contributed by atoms with Crippen molar-refractivity contribution in [3.05, 3.63) is 87.3 Å². The highest BCUT2D eigenvalue weighted by Crippen LogP contribution is 2.29. The standard InChI is InChI=1S/C22H15BrCl2N4OS/c23-18-3-1-2-4-19(18)26-20(30)13-31-22-28-27-21(14-5-7-15(24)8-6-14)29(22)17-11-9-16(25)10-12-17/h1-12H,13H2,(H,26,30). The first-order valence-corrected chi connectivity index (χ1v) is 11.7. The molecule has 0 radical (unpaired) electrons. The molecule has 0 saturated carbocycles. The number of halogens is 3. The van der Waals surface area contributed by atoms with Gasteiger partial charge in [-0.3, -0.25) is 9.36 Å². The summed E-state index contributed by atoms with van der Waals surface area (Å²) in [4.78, 5) is 12.5. The number of benzene rings is 3. The van der Waals surface area contributed by atoms with E-state index in [1.165, 1.54) is 11.8 Å². The smallest absolute Gasteiger partial charge is 0.234 e. The molecule has 0 aliphatic rings. The molecule has 1 aromatic heterocycles. The first-order valence-electron chi connectivity index (χ1n) is 9.16. The van der Waals surface area contributed by atoms with E-state index in [0.29, 0.717) is 26.7 Å². The summed E-state index contributed by atoms with van der Waals surface area (Å²) < 4.78 is 2.72. The second kappa shape index (κ2) is 9.87. The molecule has 3 aromatic carbocycles. The second-order valence-corrected chi connectivity index (χ2v) is 9.11. The van der Waals surface area contributed by atoms with Crippen molar-refractivity contribution in [1.82, 2.24) is 14.8 Å². The first-order chi connectivity index (χ1) is 15.0. The zero-order valence-corrected chi connectivity index (χ0v) is 19.8. The summed E-state index contributed by atoms with van der Waals surface area (Å²) in [6.07, 6.45) is 0. The van der Waals surface area contributed by atoms with E-state index in [1.54, 1.807) is 24.3 Å². The van der Waals surface area contributed by atoms with Gasteiger partial charge >= 0.3 is 0 Å². The van der Waals surface area contributed by atoms with E-state index in [1.807, 2.05) is 53.1 Å². The number of hydrogen-bond donors (Lipinski definition) is 1. The van der Waals surface area contributed by atoms with Gasteiger partial charge in [0.25, 0.3) is 0 Å². The zero-order chi connectivity index (χ0) is 21.8. The fourth-order valence-corrected chi connectivity index (χ4v) is 4.24. The van der Waals surface area contributed by atoms with E-state index < -0.39 is 0 Å². The Balaban J connectivity index is 1.61. The van der Waals surface area contributed by atoms with Crippen LogP contribution in [0.15, 0.2) is 82.4 Å². The van der Waals surface area contributed by atoms with Crippen molar-refractivity contribution in [1.29, 1.82) is 0 Å². The molecule has 1 heterocycles. The number of thioether (sulfide) groups is 1. The number of amides is 1. The monoisotopic (exact) mass is 532 g/mol. The van der Waals surface area contributed by atoms with Crippen molar-refractivity contribution in [2.45, 2.75) is 5.16 Å². The van der Waals surface area contributed by atoms with Crippen LogP contribution in [0, 0.1) is 0 Å². The van der Waals surface area contributed by atoms with Crippen LogP contribution < -0.4 is 5.32 Å². The van der Waals surface area contributed by atoms with Crippen molar-refractivity contribution < 1.29 is 4.79 Å². The van der Waals surface area contributed by atoms with Crippen molar-refractivity contribution in [2.24, 2.45) is 0 Å². The average molecular weight is 534 g/mol. The van der Waals surface area contributed by atoms with Gasteiger partial charge in [-0.25, -0.2) is 0 Å². The number of nitrogens with zero attached hydrogens (tertiary/aromatic N) is 3. The van der Waals surface area contributed by atoms with Crippen molar-refractivity contribution in [3.8, 4) is 17.1 Å². The molecule has 0 aliphatic heterocycles. The molecule has 0 fully saturated rings. The van der Waals surface area contributed by atoms with Crippen molar-refractivity contribution in [2.75, 3.05) is 11.1 Å². The Labute approximate surface area is 201 Å². The van der Waals surface area contributed by atoms with Crippen LogP contribution in [0.1, 0.15) is 0 Å². The molecule has 31 heavy (non-hydrogen) atoms. The number of carbonyl (C=O) groups is 1. The summed E-state index contributed by atoms with van der Waals surface area (Å²) in [5.74, 6) is 0.677. The molecule has 0 bridgehead atoms. The third kappa shape index (κ3) is 5.30. The van der Waals surface area contributed by atoms with Gasteiger partial charge in [0.1, 0.15) is 0 Å². The molecule has 4 aromatic rings. The number of aromatic nitrogens is 3. The van der Waals surface area contributed by atoms with Gasteiger partial charge in [0, 0.05) is 25.8 Å². The molecule has 9 heteroatoms. The quantitative estimate of drug-likeness (QED) is 0.279. The summed E-state index contributed by atoms with van der Waals surface area (Å²) in [7, 11) is 0. The van der Waals surface area contributed by atoms with Crippen molar-refractivity contribution >= 4 is 62.5 Å². The highest BCUT2D eigenvalue weighted by atomic mass is 79.9. The topological polar surface area (TPSA) is 59.8 Å². The maximum Gasteiger partial charge on any atom is 0.234 e. The van der Waals surface area contributed by atoms with Crippen LogP contribution >= 0.6 is 50.9 Å². The van der Waals surface area contributed by atoms with Crippen LogP contribution in [-0.4, -0.2) is 26.4 Å². The van der Waals surface area contributed by atoms with Crippen LogP contribution in [0.4, 0.5) is 5.69 Å². The van der Waals surface area contributed by atoms with Gasteiger partial charge in [-0.1, -0.05) is 47.1 Å². The fraction of sp³-hybridized carbons (Fsp3) is 0.0455. The van der Waals surface area contributed by atoms with Crippen LogP contribution in [0.25, 0.3) is 17.1 Å². The fourth-order valence-electron chi connectivity index (χ4n) is 2.85. The Morgan fingerprint density at radius 2 is 1.58 bits per heavy atom. The molecular formula is C22H15BrCl2N4OS. The van der Waals surface area contributed by atoms with Gasteiger partial charge in [0.2, 0.25) is 5.91 Å². The summed E-state index contributed by atoms with van der Waals surface area (Å²) in [6, 6.07) is 22.2. The van der Waals surface area contributed by atoms with Gasteiger partial charge in [0.15, 0.2) is 11.0 Å². The molecule has 0 atom stereocenters.